The van der Waals surface area contributed by atoms with Gasteiger partial charge in [-0.1, -0.05) is 5.16 Å². The fraction of sp³-hybridized carbons (Fsp3) is 0.333. The molecule has 1 N–H and O–H groups in total. The van der Waals surface area contributed by atoms with Gasteiger partial charge in [-0.25, -0.2) is 9.37 Å². The van der Waals surface area contributed by atoms with Crippen LogP contribution in [-0.2, 0) is 16.1 Å². The molecular weight excluding hydrogens is 355 g/mol. The summed E-state index contributed by atoms with van der Waals surface area (Å²) < 4.78 is 24.9. The fourth-order valence-electron chi connectivity index (χ4n) is 3.04. The van der Waals surface area contributed by atoms with E-state index in [2.05, 4.69) is 15.5 Å². The second kappa shape index (κ2) is 7.28. The van der Waals surface area contributed by atoms with Crippen molar-refractivity contribution in [2.75, 3.05) is 13.2 Å². The van der Waals surface area contributed by atoms with Crippen LogP contribution in [0.3, 0.4) is 0 Å². The standard InChI is InChI=1S/C18H17FN4O4/c19-12-5-3-11(4-6-12)16-15-17(27-22-16)21-10-23(18(15)25)9-14(24)20-8-13-2-1-7-26-13/h3-6,10,13H,1-2,7-9H2,(H,20,24). The van der Waals surface area contributed by atoms with Crippen molar-refractivity contribution in [2.24, 2.45) is 0 Å². The highest BCUT2D eigenvalue weighted by Gasteiger charge is 2.19. The molecule has 1 fully saturated rings. The molecule has 3 heterocycles. The molecule has 2 aromatic heterocycles. The van der Waals surface area contributed by atoms with E-state index in [-0.39, 0.29) is 35.3 Å². The molecule has 1 atom stereocenters. The summed E-state index contributed by atoms with van der Waals surface area (Å²) in [5.41, 5.74) is 0.398. The molecule has 1 saturated heterocycles. The molecule has 1 unspecified atom stereocenters. The van der Waals surface area contributed by atoms with Crippen LogP contribution in [0.4, 0.5) is 4.39 Å². The van der Waals surface area contributed by atoms with Gasteiger partial charge in [0.1, 0.15) is 29.8 Å². The largest absolute Gasteiger partial charge is 0.376 e. The van der Waals surface area contributed by atoms with E-state index in [1.54, 1.807) is 0 Å². The van der Waals surface area contributed by atoms with Gasteiger partial charge in [-0.15, -0.1) is 0 Å². The van der Waals surface area contributed by atoms with Gasteiger partial charge in [0, 0.05) is 18.7 Å². The summed E-state index contributed by atoms with van der Waals surface area (Å²) in [4.78, 5) is 29.0. The Morgan fingerprint density at radius 3 is 2.89 bits per heavy atom. The molecule has 0 spiro atoms. The van der Waals surface area contributed by atoms with Gasteiger partial charge < -0.3 is 14.6 Å². The van der Waals surface area contributed by atoms with Crippen LogP contribution in [0.5, 0.6) is 0 Å². The molecule has 1 aromatic carbocycles. The first-order valence-corrected chi connectivity index (χ1v) is 8.61. The Morgan fingerprint density at radius 1 is 1.33 bits per heavy atom. The molecule has 0 aliphatic carbocycles. The van der Waals surface area contributed by atoms with E-state index in [0.717, 1.165) is 12.8 Å². The molecular formula is C18H17FN4O4. The summed E-state index contributed by atoms with van der Waals surface area (Å²) in [6, 6.07) is 5.53. The van der Waals surface area contributed by atoms with E-state index >= 15 is 0 Å². The van der Waals surface area contributed by atoms with E-state index in [4.69, 9.17) is 9.26 Å². The third-order valence-electron chi connectivity index (χ3n) is 4.45. The van der Waals surface area contributed by atoms with E-state index < -0.39 is 11.4 Å². The Kier molecular flexibility index (Phi) is 4.68. The number of nitrogens with zero attached hydrogens (tertiary/aromatic N) is 3. The number of nitrogens with one attached hydrogen (secondary N) is 1. The predicted octanol–water partition coefficient (Wildman–Crippen LogP) is 1.49. The van der Waals surface area contributed by atoms with E-state index in [1.807, 2.05) is 0 Å². The fourth-order valence-corrected chi connectivity index (χ4v) is 3.04. The highest BCUT2D eigenvalue weighted by Crippen LogP contribution is 2.24. The minimum Gasteiger partial charge on any atom is -0.376 e. The molecule has 27 heavy (non-hydrogen) atoms. The smallest absolute Gasteiger partial charge is 0.267 e. The molecule has 0 bridgehead atoms. The normalized spacial score (nSPS) is 16.7. The number of hydrogen-bond acceptors (Lipinski definition) is 6. The minimum atomic E-state index is -0.451. The Morgan fingerprint density at radius 2 is 2.15 bits per heavy atom. The molecule has 4 rings (SSSR count). The number of amides is 1. The zero-order chi connectivity index (χ0) is 18.8. The van der Waals surface area contributed by atoms with E-state index in [0.29, 0.717) is 18.7 Å². The van der Waals surface area contributed by atoms with Crippen LogP contribution in [0.25, 0.3) is 22.4 Å². The maximum Gasteiger partial charge on any atom is 0.267 e. The molecule has 9 heteroatoms. The summed E-state index contributed by atoms with van der Waals surface area (Å²) >= 11 is 0. The van der Waals surface area contributed by atoms with Crippen LogP contribution < -0.4 is 10.9 Å². The maximum absolute atomic E-state index is 13.1. The number of ether oxygens (including phenoxy) is 1. The van der Waals surface area contributed by atoms with Crippen molar-refractivity contribution >= 4 is 17.0 Å². The number of aromatic nitrogens is 3. The summed E-state index contributed by atoms with van der Waals surface area (Å²) in [7, 11) is 0. The van der Waals surface area contributed by atoms with Crippen LogP contribution in [-0.4, -0.2) is 39.9 Å². The van der Waals surface area contributed by atoms with Gasteiger partial charge in [-0.05, 0) is 37.1 Å². The van der Waals surface area contributed by atoms with Gasteiger partial charge in [0.05, 0.1) is 6.10 Å². The van der Waals surface area contributed by atoms with E-state index in [9.17, 15) is 14.0 Å². The van der Waals surface area contributed by atoms with Crippen LogP contribution in [0, 0.1) is 5.82 Å². The molecule has 0 radical (unpaired) electrons. The quantitative estimate of drug-likeness (QED) is 0.728. The van der Waals surface area contributed by atoms with Gasteiger partial charge in [0.15, 0.2) is 0 Å². The van der Waals surface area contributed by atoms with Crippen LogP contribution in [0.1, 0.15) is 12.8 Å². The van der Waals surface area contributed by atoms with Crippen molar-refractivity contribution in [3.8, 4) is 11.3 Å². The summed E-state index contributed by atoms with van der Waals surface area (Å²) in [5, 5.41) is 6.79. The first-order chi connectivity index (χ1) is 13.1. The second-order valence-electron chi connectivity index (χ2n) is 6.33. The predicted molar refractivity (Wildman–Crippen MR) is 93.4 cm³/mol. The summed E-state index contributed by atoms with van der Waals surface area (Å²) in [6.45, 7) is 0.945. The maximum atomic E-state index is 13.1. The van der Waals surface area contributed by atoms with Gasteiger partial charge in [0.25, 0.3) is 11.3 Å². The Labute approximate surface area is 152 Å². The number of carbonyl (C=O) groups excluding carboxylic acids is 1. The minimum absolute atomic E-state index is 0.0226. The topological polar surface area (TPSA) is 99.3 Å². The van der Waals surface area contributed by atoms with E-state index in [1.165, 1.54) is 35.2 Å². The van der Waals surface area contributed by atoms with Crippen molar-refractivity contribution in [1.29, 1.82) is 0 Å². The lowest BCUT2D eigenvalue weighted by atomic mass is 10.1. The average Bonchev–Trinajstić information content (AvgIpc) is 3.33. The second-order valence-corrected chi connectivity index (χ2v) is 6.33. The molecule has 1 amide bonds. The van der Waals surface area contributed by atoms with Gasteiger partial charge in [-0.3, -0.25) is 14.2 Å². The van der Waals surface area contributed by atoms with Crippen molar-refractivity contribution in [2.45, 2.75) is 25.5 Å². The molecule has 1 aliphatic heterocycles. The zero-order valence-electron chi connectivity index (χ0n) is 14.4. The number of hydrogen-bond donors (Lipinski definition) is 1. The number of halogens is 1. The molecule has 0 saturated carbocycles. The zero-order valence-corrected chi connectivity index (χ0v) is 14.4. The number of benzene rings is 1. The summed E-state index contributed by atoms with van der Waals surface area (Å²) in [5.74, 6) is -0.710. The van der Waals surface area contributed by atoms with Gasteiger partial charge >= 0.3 is 0 Å². The average molecular weight is 372 g/mol. The van der Waals surface area contributed by atoms with Crippen molar-refractivity contribution in [3.05, 3.63) is 46.8 Å². The Balaban J connectivity index is 1.57. The first kappa shape index (κ1) is 17.3. The first-order valence-electron chi connectivity index (χ1n) is 8.61. The third kappa shape index (κ3) is 3.59. The van der Waals surface area contributed by atoms with Crippen LogP contribution in [0.2, 0.25) is 0 Å². The number of carbonyl (C=O) groups is 1. The molecule has 8 nitrogen and oxygen atoms in total. The SMILES string of the molecule is O=C(Cn1cnc2onc(-c3ccc(F)cc3)c2c1=O)NCC1CCCO1. The van der Waals surface area contributed by atoms with Crippen molar-refractivity contribution in [1.82, 2.24) is 20.0 Å². The van der Waals surface area contributed by atoms with Crippen molar-refractivity contribution < 1.29 is 18.4 Å². The highest BCUT2D eigenvalue weighted by molar-refractivity contribution is 5.88. The van der Waals surface area contributed by atoms with Gasteiger partial charge in [-0.2, -0.15) is 0 Å². The lowest BCUT2D eigenvalue weighted by Gasteiger charge is -2.11. The number of rotatable bonds is 5. The highest BCUT2D eigenvalue weighted by atomic mass is 19.1. The van der Waals surface area contributed by atoms with Crippen LogP contribution in [0.15, 0.2) is 39.9 Å². The monoisotopic (exact) mass is 372 g/mol. The Hall–Kier alpha value is -3.07. The lowest BCUT2D eigenvalue weighted by molar-refractivity contribution is -0.122. The number of fused-ring (bicyclic) bond motifs is 1. The molecule has 3 aromatic rings. The van der Waals surface area contributed by atoms with Crippen molar-refractivity contribution in [3.63, 3.8) is 0 Å². The molecule has 140 valence electrons. The lowest BCUT2D eigenvalue weighted by Crippen LogP contribution is -2.36. The third-order valence-corrected chi connectivity index (χ3v) is 4.45. The van der Waals surface area contributed by atoms with Crippen LogP contribution >= 0.6 is 0 Å². The van der Waals surface area contributed by atoms with Gasteiger partial charge in [0.2, 0.25) is 5.91 Å². The molecule has 1 aliphatic rings. The Bertz CT molecular complexity index is 1020. The summed E-state index contributed by atoms with van der Waals surface area (Å²) in [6.07, 6.45) is 3.17.